The lowest BCUT2D eigenvalue weighted by Gasteiger charge is -2.22. The molecule has 0 aliphatic rings. The molecule has 0 bridgehead atoms. The summed E-state index contributed by atoms with van der Waals surface area (Å²) in [5.41, 5.74) is -0.105. The Bertz CT molecular complexity index is 251. The van der Waals surface area contributed by atoms with E-state index in [1.165, 1.54) is 0 Å². The Hall–Kier alpha value is -0.900. The van der Waals surface area contributed by atoms with Crippen LogP contribution in [0, 0.1) is 0 Å². The highest BCUT2D eigenvalue weighted by Crippen LogP contribution is 2.15. The Morgan fingerprint density at radius 3 is 2.75 bits per heavy atom. The van der Waals surface area contributed by atoms with Gasteiger partial charge in [-0.1, -0.05) is 0 Å². The predicted octanol–water partition coefficient (Wildman–Crippen LogP) is 0.752. The van der Waals surface area contributed by atoms with Gasteiger partial charge in [0.25, 0.3) is 0 Å². The first-order valence-corrected chi connectivity index (χ1v) is 4.19. The van der Waals surface area contributed by atoms with E-state index in [1.807, 2.05) is 11.6 Å². The summed E-state index contributed by atoms with van der Waals surface area (Å²) >= 11 is 0. The molecule has 0 aliphatic carbocycles. The summed E-state index contributed by atoms with van der Waals surface area (Å²) < 4.78 is 2.04. The lowest BCUT2D eigenvalue weighted by atomic mass is 10.1. The molecule has 1 aromatic heterocycles. The summed E-state index contributed by atoms with van der Waals surface area (Å²) in [6.07, 6.45) is 1.76. The molecule has 0 amide bonds. The van der Waals surface area contributed by atoms with Crippen LogP contribution in [0.15, 0.2) is 6.33 Å². The molecule has 0 radical (unpaired) electrons. The third kappa shape index (κ3) is 1.48. The van der Waals surface area contributed by atoms with Crippen LogP contribution in [0.2, 0.25) is 0 Å². The van der Waals surface area contributed by atoms with Gasteiger partial charge in [-0.05, 0) is 27.8 Å². The molecule has 0 fully saturated rings. The van der Waals surface area contributed by atoms with Crippen LogP contribution in [-0.4, -0.2) is 21.8 Å². The van der Waals surface area contributed by atoms with E-state index < -0.39 is 0 Å². The Kier molecular flexibility index (Phi) is 2.47. The highest BCUT2D eigenvalue weighted by atomic mass is 15.3. The first kappa shape index (κ1) is 9.19. The first-order valence-electron chi connectivity index (χ1n) is 4.19. The maximum Gasteiger partial charge on any atom is 0.152 e. The van der Waals surface area contributed by atoms with Gasteiger partial charge in [-0.25, -0.2) is 0 Å². The van der Waals surface area contributed by atoms with Crippen molar-refractivity contribution in [1.82, 2.24) is 20.1 Å². The molecule has 68 valence electrons. The summed E-state index contributed by atoms with van der Waals surface area (Å²) in [6, 6.07) is 0. The van der Waals surface area contributed by atoms with Gasteiger partial charge in [0.2, 0.25) is 0 Å². The Labute approximate surface area is 73.0 Å². The van der Waals surface area contributed by atoms with E-state index in [-0.39, 0.29) is 5.54 Å². The highest BCUT2D eigenvalue weighted by molar-refractivity contribution is 5.01. The molecule has 0 spiro atoms. The molecule has 1 N–H and O–H groups in total. The van der Waals surface area contributed by atoms with Crippen molar-refractivity contribution in [3.8, 4) is 0 Å². The van der Waals surface area contributed by atoms with Crippen molar-refractivity contribution in [2.75, 3.05) is 7.05 Å². The summed E-state index contributed by atoms with van der Waals surface area (Å²) in [4.78, 5) is 0. The standard InChI is InChI=1S/C8H16N4/c1-5-12-6-10-11-7(12)8(2,3)9-4/h6,9H,5H2,1-4H3. The molecule has 0 atom stereocenters. The lowest BCUT2D eigenvalue weighted by Crippen LogP contribution is -2.36. The van der Waals surface area contributed by atoms with Crippen LogP contribution in [0.4, 0.5) is 0 Å². The molecule has 1 aromatic rings. The van der Waals surface area contributed by atoms with Crippen LogP contribution in [0.3, 0.4) is 0 Å². The molecular formula is C8H16N4. The first-order chi connectivity index (χ1) is 5.61. The van der Waals surface area contributed by atoms with E-state index in [2.05, 4.69) is 36.3 Å². The normalized spacial score (nSPS) is 12.0. The molecule has 0 aliphatic heterocycles. The third-order valence-corrected chi connectivity index (χ3v) is 2.14. The molecule has 1 rings (SSSR count). The Balaban J connectivity index is 3.00. The van der Waals surface area contributed by atoms with Gasteiger partial charge in [0.05, 0.1) is 5.54 Å². The topological polar surface area (TPSA) is 42.7 Å². The zero-order valence-corrected chi connectivity index (χ0v) is 8.13. The van der Waals surface area contributed by atoms with Gasteiger partial charge in [-0.15, -0.1) is 10.2 Å². The molecule has 0 aromatic carbocycles. The minimum Gasteiger partial charge on any atom is -0.316 e. The van der Waals surface area contributed by atoms with E-state index in [9.17, 15) is 0 Å². The third-order valence-electron chi connectivity index (χ3n) is 2.14. The smallest absolute Gasteiger partial charge is 0.152 e. The number of nitrogens with zero attached hydrogens (tertiary/aromatic N) is 3. The monoisotopic (exact) mass is 168 g/mol. The van der Waals surface area contributed by atoms with Gasteiger partial charge in [0.15, 0.2) is 5.82 Å². The van der Waals surface area contributed by atoms with Crippen molar-refractivity contribution in [2.45, 2.75) is 32.9 Å². The summed E-state index contributed by atoms with van der Waals surface area (Å²) in [5, 5.41) is 11.2. The number of aryl methyl sites for hydroxylation is 1. The second kappa shape index (κ2) is 3.23. The number of nitrogens with one attached hydrogen (secondary N) is 1. The van der Waals surface area contributed by atoms with E-state index in [0.717, 1.165) is 12.4 Å². The van der Waals surface area contributed by atoms with Crippen LogP contribution < -0.4 is 5.32 Å². The zero-order chi connectivity index (χ0) is 9.19. The molecule has 0 unspecified atom stereocenters. The number of hydrogen-bond donors (Lipinski definition) is 1. The maximum atomic E-state index is 4.08. The molecule has 1 heterocycles. The van der Waals surface area contributed by atoms with Gasteiger partial charge in [-0.3, -0.25) is 0 Å². The van der Waals surface area contributed by atoms with Crippen LogP contribution in [0.25, 0.3) is 0 Å². The summed E-state index contributed by atoms with van der Waals surface area (Å²) in [5.74, 6) is 0.979. The van der Waals surface area contributed by atoms with Gasteiger partial charge in [-0.2, -0.15) is 0 Å². The van der Waals surface area contributed by atoms with Crippen molar-refractivity contribution in [3.05, 3.63) is 12.2 Å². The number of rotatable bonds is 3. The fourth-order valence-electron chi connectivity index (χ4n) is 1.08. The van der Waals surface area contributed by atoms with Gasteiger partial charge in [0, 0.05) is 6.54 Å². The van der Waals surface area contributed by atoms with Crippen LogP contribution in [-0.2, 0) is 12.1 Å². The molecule has 4 nitrogen and oxygen atoms in total. The fourth-order valence-corrected chi connectivity index (χ4v) is 1.08. The van der Waals surface area contributed by atoms with E-state index in [4.69, 9.17) is 0 Å². The lowest BCUT2D eigenvalue weighted by molar-refractivity contribution is 0.396. The molecule has 0 saturated heterocycles. The van der Waals surface area contributed by atoms with E-state index in [1.54, 1.807) is 6.33 Å². The SMILES string of the molecule is CCn1cnnc1C(C)(C)NC. The Morgan fingerprint density at radius 2 is 2.25 bits per heavy atom. The van der Waals surface area contributed by atoms with E-state index >= 15 is 0 Å². The molecule has 4 heteroatoms. The minimum absolute atomic E-state index is 0.105. The largest absolute Gasteiger partial charge is 0.316 e. The average molecular weight is 168 g/mol. The molecule has 12 heavy (non-hydrogen) atoms. The fraction of sp³-hybridized carbons (Fsp3) is 0.750. The van der Waals surface area contributed by atoms with Gasteiger partial charge in [0.1, 0.15) is 6.33 Å². The summed E-state index contributed by atoms with van der Waals surface area (Å²) in [6.45, 7) is 7.17. The zero-order valence-electron chi connectivity index (χ0n) is 8.13. The van der Waals surface area contributed by atoms with Crippen molar-refractivity contribution in [2.24, 2.45) is 0 Å². The van der Waals surface area contributed by atoms with Crippen molar-refractivity contribution < 1.29 is 0 Å². The quantitative estimate of drug-likeness (QED) is 0.724. The average Bonchev–Trinajstić information content (AvgIpc) is 2.52. The minimum atomic E-state index is -0.105. The molecule has 0 saturated carbocycles. The van der Waals surface area contributed by atoms with Crippen LogP contribution in [0.5, 0.6) is 0 Å². The van der Waals surface area contributed by atoms with Crippen molar-refractivity contribution >= 4 is 0 Å². The second-order valence-corrected chi connectivity index (χ2v) is 3.32. The van der Waals surface area contributed by atoms with Gasteiger partial charge < -0.3 is 9.88 Å². The predicted molar refractivity (Wildman–Crippen MR) is 47.8 cm³/mol. The molecular weight excluding hydrogens is 152 g/mol. The van der Waals surface area contributed by atoms with Crippen LogP contribution in [0.1, 0.15) is 26.6 Å². The van der Waals surface area contributed by atoms with Gasteiger partial charge >= 0.3 is 0 Å². The van der Waals surface area contributed by atoms with Crippen molar-refractivity contribution in [1.29, 1.82) is 0 Å². The number of aromatic nitrogens is 3. The Morgan fingerprint density at radius 1 is 1.58 bits per heavy atom. The van der Waals surface area contributed by atoms with Crippen molar-refractivity contribution in [3.63, 3.8) is 0 Å². The maximum absolute atomic E-state index is 4.08. The summed E-state index contributed by atoms with van der Waals surface area (Å²) in [7, 11) is 1.93. The van der Waals surface area contributed by atoms with E-state index in [0.29, 0.717) is 0 Å². The second-order valence-electron chi connectivity index (χ2n) is 3.32. The van der Waals surface area contributed by atoms with Crippen LogP contribution >= 0.6 is 0 Å². The highest BCUT2D eigenvalue weighted by Gasteiger charge is 2.23. The number of hydrogen-bond acceptors (Lipinski definition) is 3.